The summed E-state index contributed by atoms with van der Waals surface area (Å²) >= 11 is 0. The summed E-state index contributed by atoms with van der Waals surface area (Å²) < 4.78 is 10.8. The zero-order chi connectivity index (χ0) is 14.1. The summed E-state index contributed by atoms with van der Waals surface area (Å²) in [5.41, 5.74) is 3.31. The van der Waals surface area contributed by atoms with E-state index in [0.29, 0.717) is 23.0 Å². The monoisotopic (exact) mass is 269 g/mol. The van der Waals surface area contributed by atoms with Gasteiger partial charge < -0.3 is 14.5 Å². The Kier molecular flexibility index (Phi) is 3.02. The summed E-state index contributed by atoms with van der Waals surface area (Å²) in [6, 6.07) is 9.56. The number of aromatic amines is 1. The molecule has 20 heavy (non-hydrogen) atoms. The molecule has 3 rings (SSSR count). The molecule has 1 aromatic carbocycles. The van der Waals surface area contributed by atoms with Crippen molar-refractivity contribution in [3.05, 3.63) is 36.0 Å². The second-order valence-corrected chi connectivity index (χ2v) is 4.45. The predicted molar refractivity (Wildman–Crippen MR) is 77.2 cm³/mol. The second kappa shape index (κ2) is 4.85. The SMILES string of the molecule is COc1cccc(OC)c1-c1nc2nc(C)ccc2[nH]1. The Balaban J connectivity index is 2.24. The van der Waals surface area contributed by atoms with Crippen LogP contribution in [-0.2, 0) is 0 Å². The number of rotatable bonds is 3. The van der Waals surface area contributed by atoms with E-state index in [2.05, 4.69) is 15.0 Å². The molecule has 0 unspecified atom stereocenters. The van der Waals surface area contributed by atoms with Crippen molar-refractivity contribution in [3.8, 4) is 22.9 Å². The Hall–Kier alpha value is -2.56. The molecule has 2 heterocycles. The number of H-pyrrole nitrogens is 1. The third kappa shape index (κ3) is 1.97. The molecular weight excluding hydrogens is 254 g/mol. The van der Waals surface area contributed by atoms with Crippen molar-refractivity contribution >= 4 is 11.2 Å². The predicted octanol–water partition coefficient (Wildman–Crippen LogP) is 2.95. The van der Waals surface area contributed by atoms with E-state index < -0.39 is 0 Å². The zero-order valence-electron chi connectivity index (χ0n) is 11.6. The zero-order valence-corrected chi connectivity index (χ0v) is 11.6. The highest BCUT2D eigenvalue weighted by Crippen LogP contribution is 2.37. The minimum atomic E-state index is 0.687. The lowest BCUT2D eigenvalue weighted by Gasteiger charge is -2.10. The van der Waals surface area contributed by atoms with Crippen LogP contribution in [0.5, 0.6) is 11.5 Å². The minimum Gasteiger partial charge on any atom is -0.496 e. The fraction of sp³-hybridized carbons (Fsp3) is 0.200. The van der Waals surface area contributed by atoms with Crippen molar-refractivity contribution in [1.82, 2.24) is 15.0 Å². The first-order valence-corrected chi connectivity index (χ1v) is 6.27. The second-order valence-electron chi connectivity index (χ2n) is 4.45. The summed E-state index contributed by atoms with van der Waals surface area (Å²) in [4.78, 5) is 12.2. The Morgan fingerprint density at radius 1 is 0.950 bits per heavy atom. The van der Waals surface area contributed by atoms with E-state index in [4.69, 9.17) is 9.47 Å². The largest absolute Gasteiger partial charge is 0.496 e. The molecule has 0 fully saturated rings. The van der Waals surface area contributed by atoms with E-state index in [1.807, 2.05) is 37.3 Å². The van der Waals surface area contributed by atoms with Crippen LogP contribution in [0, 0.1) is 6.92 Å². The summed E-state index contributed by atoms with van der Waals surface area (Å²) in [5.74, 6) is 2.10. The van der Waals surface area contributed by atoms with Gasteiger partial charge in [0.15, 0.2) is 5.65 Å². The lowest BCUT2D eigenvalue weighted by Crippen LogP contribution is -1.94. The summed E-state index contributed by atoms with van der Waals surface area (Å²) in [6.07, 6.45) is 0. The van der Waals surface area contributed by atoms with E-state index >= 15 is 0 Å². The standard InChI is InChI=1S/C15H15N3O2/c1-9-7-8-10-14(16-9)18-15(17-10)13-11(19-2)5-4-6-12(13)20-3/h4-8H,1-3H3,(H,16,17,18). The van der Waals surface area contributed by atoms with Crippen LogP contribution < -0.4 is 9.47 Å². The molecule has 2 aromatic heterocycles. The highest BCUT2D eigenvalue weighted by Gasteiger charge is 2.16. The third-order valence-electron chi connectivity index (χ3n) is 3.15. The van der Waals surface area contributed by atoms with Crippen LogP contribution in [-0.4, -0.2) is 29.2 Å². The van der Waals surface area contributed by atoms with Crippen molar-refractivity contribution in [2.75, 3.05) is 14.2 Å². The topological polar surface area (TPSA) is 60.0 Å². The number of aromatic nitrogens is 3. The smallest absolute Gasteiger partial charge is 0.178 e. The molecule has 0 atom stereocenters. The van der Waals surface area contributed by atoms with Gasteiger partial charge in [0.25, 0.3) is 0 Å². The van der Waals surface area contributed by atoms with E-state index in [-0.39, 0.29) is 0 Å². The number of hydrogen-bond acceptors (Lipinski definition) is 4. The van der Waals surface area contributed by atoms with Crippen molar-refractivity contribution < 1.29 is 9.47 Å². The van der Waals surface area contributed by atoms with Crippen LogP contribution in [0.4, 0.5) is 0 Å². The Morgan fingerprint density at radius 2 is 1.65 bits per heavy atom. The van der Waals surface area contributed by atoms with Crippen molar-refractivity contribution in [2.24, 2.45) is 0 Å². The molecule has 0 radical (unpaired) electrons. The Morgan fingerprint density at radius 3 is 2.30 bits per heavy atom. The van der Waals surface area contributed by atoms with Gasteiger partial charge in [0.1, 0.15) is 22.9 Å². The van der Waals surface area contributed by atoms with E-state index in [9.17, 15) is 0 Å². The molecule has 0 saturated carbocycles. The van der Waals surface area contributed by atoms with E-state index in [1.54, 1.807) is 14.2 Å². The molecule has 0 aliphatic carbocycles. The average Bonchev–Trinajstić information content (AvgIpc) is 2.88. The maximum absolute atomic E-state index is 5.40. The summed E-state index contributed by atoms with van der Waals surface area (Å²) in [6.45, 7) is 1.94. The van der Waals surface area contributed by atoms with Gasteiger partial charge in [-0.2, -0.15) is 0 Å². The number of imidazole rings is 1. The molecule has 1 N–H and O–H groups in total. The van der Waals surface area contributed by atoms with Gasteiger partial charge in [-0.15, -0.1) is 0 Å². The number of nitrogens with zero attached hydrogens (tertiary/aromatic N) is 2. The van der Waals surface area contributed by atoms with Gasteiger partial charge in [-0.1, -0.05) is 6.07 Å². The maximum atomic E-state index is 5.40. The van der Waals surface area contributed by atoms with E-state index in [1.165, 1.54) is 0 Å². The fourth-order valence-electron chi connectivity index (χ4n) is 2.19. The number of hydrogen-bond donors (Lipinski definition) is 1. The first kappa shape index (κ1) is 12.5. The molecule has 0 spiro atoms. The van der Waals surface area contributed by atoms with Gasteiger partial charge in [0.2, 0.25) is 0 Å². The van der Waals surface area contributed by atoms with Crippen LogP contribution in [0.1, 0.15) is 5.69 Å². The molecule has 0 bridgehead atoms. The number of pyridine rings is 1. The molecule has 102 valence electrons. The molecule has 5 heteroatoms. The Labute approximate surface area is 116 Å². The number of aryl methyl sites for hydroxylation is 1. The van der Waals surface area contributed by atoms with Crippen LogP contribution in [0.2, 0.25) is 0 Å². The first-order valence-electron chi connectivity index (χ1n) is 6.27. The molecule has 0 amide bonds. The quantitative estimate of drug-likeness (QED) is 0.794. The molecule has 0 aliphatic rings. The van der Waals surface area contributed by atoms with Crippen LogP contribution in [0.15, 0.2) is 30.3 Å². The molecule has 0 saturated heterocycles. The van der Waals surface area contributed by atoms with Crippen molar-refractivity contribution in [3.63, 3.8) is 0 Å². The normalized spacial score (nSPS) is 10.8. The molecular formula is C15H15N3O2. The van der Waals surface area contributed by atoms with Crippen LogP contribution >= 0.6 is 0 Å². The van der Waals surface area contributed by atoms with Crippen LogP contribution in [0.3, 0.4) is 0 Å². The lowest BCUT2D eigenvalue weighted by molar-refractivity contribution is 0.397. The highest BCUT2D eigenvalue weighted by atomic mass is 16.5. The van der Waals surface area contributed by atoms with Gasteiger partial charge in [-0.25, -0.2) is 9.97 Å². The number of benzene rings is 1. The minimum absolute atomic E-state index is 0.687. The first-order chi connectivity index (χ1) is 9.72. The third-order valence-corrected chi connectivity index (χ3v) is 3.15. The molecule has 0 aliphatic heterocycles. The van der Waals surface area contributed by atoms with Gasteiger partial charge in [-0.05, 0) is 31.2 Å². The van der Waals surface area contributed by atoms with E-state index in [0.717, 1.165) is 16.8 Å². The summed E-state index contributed by atoms with van der Waals surface area (Å²) in [5, 5.41) is 0. The highest BCUT2D eigenvalue weighted by molar-refractivity contribution is 5.80. The van der Waals surface area contributed by atoms with Crippen molar-refractivity contribution in [2.45, 2.75) is 6.92 Å². The number of fused-ring (bicyclic) bond motifs is 1. The molecule has 5 nitrogen and oxygen atoms in total. The summed E-state index contributed by atoms with van der Waals surface area (Å²) in [7, 11) is 3.26. The number of nitrogens with one attached hydrogen (secondary N) is 1. The Bertz CT molecular complexity index is 743. The fourth-order valence-corrected chi connectivity index (χ4v) is 2.19. The number of ether oxygens (including phenoxy) is 2. The lowest BCUT2D eigenvalue weighted by atomic mass is 10.1. The van der Waals surface area contributed by atoms with Crippen LogP contribution in [0.25, 0.3) is 22.6 Å². The van der Waals surface area contributed by atoms with Gasteiger partial charge in [-0.3, -0.25) is 0 Å². The average molecular weight is 269 g/mol. The number of methoxy groups -OCH3 is 2. The molecule has 3 aromatic rings. The van der Waals surface area contributed by atoms with Crippen molar-refractivity contribution in [1.29, 1.82) is 0 Å². The van der Waals surface area contributed by atoms with Gasteiger partial charge in [0.05, 0.1) is 19.7 Å². The maximum Gasteiger partial charge on any atom is 0.178 e. The van der Waals surface area contributed by atoms with Gasteiger partial charge >= 0.3 is 0 Å². The van der Waals surface area contributed by atoms with Gasteiger partial charge in [0, 0.05) is 5.69 Å².